The average Bonchev–Trinajstić information content (AvgIpc) is 2.71. The van der Waals surface area contributed by atoms with Gasteiger partial charge in [-0.3, -0.25) is 4.79 Å². The maximum absolute atomic E-state index is 13.6. The maximum Gasteiger partial charge on any atom is 0.413 e. The first kappa shape index (κ1) is 27.9. The summed E-state index contributed by atoms with van der Waals surface area (Å²) in [5.41, 5.74) is -0.0306. The molecule has 0 aliphatic rings. The molecule has 7 heteroatoms. The molecule has 0 saturated carbocycles. The van der Waals surface area contributed by atoms with Crippen LogP contribution in [0.25, 0.3) is 0 Å². The second-order valence-corrected chi connectivity index (χ2v) is 9.17. The first-order valence-electron chi connectivity index (χ1n) is 11.7. The standard InChI is InChI=1S/C24H38BrF3N2O/c1-3-4-5-6-7-8-9-10-11-12-13-14-15-16-22(31)30(2)23(24(26,27)28)20-17-18-21(25)29-19-20/h17-19,23H,3-16H2,1-2H3/t23-/m0/s1. The second kappa shape index (κ2) is 15.7. The largest absolute Gasteiger partial charge is 0.413 e. The van der Waals surface area contributed by atoms with Crippen molar-refractivity contribution in [3.05, 3.63) is 28.5 Å². The van der Waals surface area contributed by atoms with Crippen molar-refractivity contribution >= 4 is 21.8 Å². The lowest BCUT2D eigenvalue weighted by molar-refractivity contribution is -0.189. The topological polar surface area (TPSA) is 33.2 Å². The molecule has 0 fully saturated rings. The third-order valence-corrected chi connectivity index (χ3v) is 6.12. The summed E-state index contributed by atoms with van der Waals surface area (Å²) in [6.07, 6.45) is 12.2. The smallest absolute Gasteiger partial charge is 0.330 e. The van der Waals surface area contributed by atoms with E-state index in [-0.39, 0.29) is 12.0 Å². The van der Waals surface area contributed by atoms with Crippen LogP contribution in [0, 0.1) is 0 Å². The molecule has 1 rings (SSSR count). The van der Waals surface area contributed by atoms with Crippen molar-refractivity contribution in [3.8, 4) is 0 Å². The molecule has 178 valence electrons. The predicted octanol–water partition coefficient (Wildman–Crippen LogP) is 8.39. The van der Waals surface area contributed by atoms with Crippen LogP contribution in [0.5, 0.6) is 0 Å². The SMILES string of the molecule is CCCCCCCCCCCCCCCC(=O)N(C)[C@@H](c1ccc(Br)nc1)C(F)(F)F. The number of rotatable bonds is 16. The number of unbranched alkanes of at least 4 members (excludes halogenated alkanes) is 12. The minimum atomic E-state index is -4.55. The first-order chi connectivity index (χ1) is 14.8. The summed E-state index contributed by atoms with van der Waals surface area (Å²) in [5, 5.41) is 0. The van der Waals surface area contributed by atoms with E-state index in [0.29, 0.717) is 11.0 Å². The summed E-state index contributed by atoms with van der Waals surface area (Å²) in [6.45, 7) is 2.23. The Morgan fingerprint density at radius 3 is 1.84 bits per heavy atom. The van der Waals surface area contributed by atoms with E-state index in [1.165, 1.54) is 77.0 Å². The fraction of sp³-hybridized carbons (Fsp3) is 0.750. The number of halogens is 4. The zero-order valence-electron chi connectivity index (χ0n) is 19.0. The number of pyridine rings is 1. The van der Waals surface area contributed by atoms with Gasteiger partial charge in [-0.1, -0.05) is 90.0 Å². The Morgan fingerprint density at radius 1 is 0.935 bits per heavy atom. The zero-order chi connectivity index (χ0) is 23.1. The highest BCUT2D eigenvalue weighted by Gasteiger charge is 2.45. The van der Waals surface area contributed by atoms with Gasteiger partial charge in [0.1, 0.15) is 4.60 Å². The number of carbonyl (C=O) groups is 1. The third-order valence-electron chi connectivity index (χ3n) is 5.65. The molecule has 1 aromatic heterocycles. The molecule has 0 spiro atoms. The molecule has 0 radical (unpaired) electrons. The Bertz CT molecular complexity index is 608. The number of nitrogens with zero attached hydrogens (tertiary/aromatic N) is 2. The van der Waals surface area contributed by atoms with Crippen molar-refractivity contribution in [3.63, 3.8) is 0 Å². The molecular weight excluding hydrogens is 469 g/mol. The van der Waals surface area contributed by atoms with E-state index in [9.17, 15) is 18.0 Å². The second-order valence-electron chi connectivity index (χ2n) is 8.36. The highest BCUT2D eigenvalue weighted by molar-refractivity contribution is 9.10. The third kappa shape index (κ3) is 11.9. The van der Waals surface area contributed by atoms with Gasteiger partial charge in [0.15, 0.2) is 6.04 Å². The monoisotopic (exact) mass is 506 g/mol. The summed E-state index contributed by atoms with van der Waals surface area (Å²) >= 11 is 3.12. The molecule has 0 aliphatic heterocycles. The van der Waals surface area contributed by atoms with E-state index in [4.69, 9.17) is 0 Å². The molecule has 1 atom stereocenters. The molecule has 0 N–H and O–H groups in total. The van der Waals surface area contributed by atoms with Crippen LogP contribution in [0.3, 0.4) is 0 Å². The van der Waals surface area contributed by atoms with Gasteiger partial charge >= 0.3 is 6.18 Å². The molecule has 1 heterocycles. The molecular formula is C24H38BrF3N2O. The summed E-state index contributed by atoms with van der Waals surface area (Å²) in [7, 11) is 1.23. The van der Waals surface area contributed by atoms with E-state index in [1.54, 1.807) is 0 Å². The van der Waals surface area contributed by atoms with Crippen LogP contribution in [0.2, 0.25) is 0 Å². The van der Waals surface area contributed by atoms with Gasteiger partial charge in [0, 0.05) is 25.2 Å². The highest BCUT2D eigenvalue weighted by Crippen LogP contribution is 2.37. The summed E-state index contributed by atoms with van der Waals surface area (Å²) in [4.78, 5) is 17.1. The van der Waals surface area contributed by atoms with Gasteiger partial charge in [-0.05, 0) is 28.4 Å². The van der Waals surface area contributed by atoms with Crippen molar-refractivity contribution < 1.29 is 18.0 Å². The predicted molar refractivity (Wildman–Crippen MR) is 124 cm³/mol. The van der Waals surface area contributed by atoms with Gasteiger partial charge in [0.05, 0.1) is 0 Å². The number of hydrogen-bond acceptors (Lipinski definition) is 2. The highest BCUT2D eigenvalue weighted by atomic mass is 79.9. The zero-order valence-corrected chi connectivity index (χ0v) is 20.6. The Labute approximate surface area is 194 Å². The molecule has 0 bridgehead atoms. The first-order valence-corrected chi connectivity index (χ1v) is 12.5. The van der Waals surface area contributed by atoms with Gasteiger partial charge < -0.3 is 4.90 Å². The van der Waals surface area contributed by atoms with Gasteiger partial charge in [0.2, 0.25) is 5.91 Å². The Balaban J connectivity index is 2.22. The number of amides is 1. The lowest BCUT2D eigenvalue weighted by Gasteiger charge is -2.30. The van der Waals surface area contributed by atoms with Crippen molar-refractivity contribution in [2.24, 2.45) is 0 Å². The molecule has 0 saturated heterocycles. The lowest BCUT2D eigenvalue weighted by atomic mass is 10.0. The van der Waals surface area contributed by atoms with E-state index >= 15 is 0 Å². The fourth-order valence-electron chi connectivity index (χ4n) is 3.80. The molecule has 0 unspecified atom stereocenters. The fourth-order valence-corrected chi connectivity index (χ4v) is 4.03. The van der Waals surface area contributed by atoms with E-state index in [1.807, 2.05) is 0 Å². The molecule has 31 heavy (non-hydrogen) atoms. The van der Waals surface area contributed by atoms with Gasteiger partial charge in [-0.2, -0.15) is 13.2 Å². The molecule has 0 aliphatic carbocycles. The van der Waals surface area contributed by atoms with Crippen LogP contribution < -0.4 is 0 Å². The van der Waals surface area contributed by atoms with Crippen LogP contribution in [0.4, 0.5) is 13.2 Å². The number of aromatic nitrogens is 1. The molecule has 1 amide bonds. The Hall–Kier alpha value is -1.11. The minimum Gasteiger partial charge on any atom is -0.330 e. The quantitative estimate of drug-likeness (QED) is 0.166. The van der Waals surface area contributed by atoms with E-state index < -0.39 is 18.1 Å². The van der Waals surface area contributed by atoms with Crippen molar-refractivity contribution in [2.45, 2.75) is 109 Å². The van der Waals surface area contributed by atoms with Crippen molar-refractivity contribution in [1.29, 1.82) is 0 Å². The Morgan fingerprint density at radius 2 is 1.42 bits per heavy atom. The van der Waals surface area contributed by atoms with Crippen LogP contribution >= 0.6 is 15.9 Å². The summed E-state index contributed by atoms with van der Waals surface area (Å²) in [6, 6.07) is 0.839. The van der Waals surface area contributed by atoms with E-state index in [2.05, 4.69) is 27.8 Å². The van der Waals surface area contributed by atoms with Crippen LogP contribution in [0.15, 0.2) is 22.9 Å². The molecule has 1 aromatic rings. The number of carbonyl (C=O) groups excluding carboxylic acids is 1. The summed E-state index contributed by atoms with van der Waals surface area (Å²) < 4.78 is 41.2. The van der Waals surface area contributed by atoms with Crippen molar-refractivity contribution in [1.82, 2.24) is 9.88 Å². The van der Waals surface area contributed by atoms with Crippen LogP contribution in [-0.4, -0.2) is 29.0 Å². The average molecular weight is 507 g/mol. The maximum atomic E-state index is 13.6. The van der Waals surface area contributed by atoms with Crippen LogP contribution in [-0.2, 0) is 4.79 Å². The summed E-state index contributed by atoms with van der Waals surface area (Å²) in [5.74, 6) is -0.478. The minimum absolute atomic E-state index is 0.0306. The van der Waals surface area contributed by atoms with E-state index in [0.717, 1.165) is 30.4 Å². The lowest BCUT2D eigenvalue weighted by Crippen LogP contribution is -2.39. The van der Waals surface area contributed by atoms with Gasteiger partial charge in [-0.15, -0.1) is 0 Å². The van der Waals surface area contributed by atoms with Crippen LogP contribution in [0.1, 0.15) is 108 Å². The number of hydrogen-bond donors (Lipinski definition) is 0. The normalized spacial score (nSPS) is 12.7. The van der Waals surface area contributed by atoms with Gasteiger partial charge in [-0.25, -0.2) is 4.98 Å². The molecule has 0 aromatic carbocycles. The van der Waals surface area contributed by atoms with Crippen molar-refractivity contribution in [2.75, 3.05) is 7.05 Å². The molecule has 3 nitrogen and oxygen atoms in total. The Kier molecular flexibility index (Phi) is 14.1. The number of alkyl halides is 3. The van der Waals surface area contributed by atoms with Gasteiger partial charge in [0.25, 0.3) is 0 Å².